The molecule has 0 saturated heterocycles. The second-order valence-corrected chi connectivity index (χ2v) is 5.56. The number of alkyl halides is 3. The molecule has 0 aliphatic rings. The minimum absolute atomic E-state index is 0.265. The van der Waals surface area contributed by atoms with E-state index in [4.69, 9.17) is 4.74 Å². The minimum atomic E-state index is -4.38. The summed E-state index contributed by atoms with van der Waals surface area (Å²) in [6.45, 7) is 5.51. The number of alkyl carbamates (subject to hydrolysis) is 1. The van der Waals surface area contributed by atoms with Crippen LogP contribution in [0.2, 0.25) is 0 Å². The standard InChI is InChI=1S/C16H18F3NO2/c1-15(2,3)22-14(21)20-10-5-4-7-12-8-6-9-13(11-12)16(17,18)19/h6,8-9,11H,5,10H2,1-3H3,(H,20,21). The van der Waals surface area contributed by atoms with E-state index in [-0.39, 0.29) is 12.1 Å². The SMILES string of the molecule is CC(C)(C)OC(=O)NCCC#Cc1cccc(C(F)(F)F)c1. The van der Waals surface area contributed by atoms with Crippen molar-refractivity contribution in [3.05, 3.63) is 35.4 Å². The van der Waals surface area contributed by atoms with Crippen molar-refractivity contribution >= 4 is 6.09 Å². The van der Waals surface area contributed by atoms with Gasteiger partial charge in [-0.05, 0) is 39.0 Å². The quantitative estimate of drug-likeness (QED) is 0.663. The number of hydrogen-bond donors (Lipinski definition) is 1. The van der Waals surface area contributed by atoms with E-state index in [1.54, 1.807) is 20.8 Å². The van der Waals surface area contributed by atoms with E-state index >= 15 is 0 Å². The Morgan fingerprint density at radius 3 is 2.55 bits per heavy atom. The fourth-order valence-corrected chi connectivity index (χ4v) is 1.48. The van der Waals surface area contributed by atoms with Gasteiger partial charge in [0.2, 0.25) is 0 Å². The maximum atomic E-state index is 12.5. The first-order valence-electron chi connectivity index (χ1n) is 6.71. The second kappa shape index (κ2) is 7.21. The molecule has 0 bridgehead atoms. The minimum Gasteiger partial charge on any atom is -0.444 e. The van der Waals surface area contributed by atoms with Crippen molar-refractivity contribution in [2.45, 2.75) is 39.0 Å². The van der Waals surface area contributed by atoms with Gasteiger partial charge >= 0.3 is 12.3 Å². The Bertz CT molecular complexity index is 578. The highest BCUT2D eigenvalue weighted by Crippen LogP contribution is 2.29. The molecule has 3 nitrogen and oxygen atoms in total. The van der Waals surface area contributed by atoms with Crippen LogP contribution in [0.15, 0.2) is 24.3 Å². The highest BCUT2D eigenvalue weighted by atomic mass is 19.4. The van der Waals surface area contributed by atoms with Gasteiger partial charge in [-0.2, -0.15) is 13.2 Å². The van der Waals surface area contributed by atoms with Crippen LogP contribution in [0.1, 0.15) is 38.3 Å². The van der Waals surface area contributed by atoms with Crippen LogP contribution in [-0.2, 0) is 10.9 Å². The Hall–Kier alpha value is -2.16. The van der Waals surface area contributed by atoms with Crippen molar-refractivity contribution in [2.24, 2.45) is 0 Å². The zero-order valence-corrected chi connectivity index (χ0v) is 12.7. The van der Waals surface area contributed by atoms with Gasteiger partial charge in [-0.15, -0.1) is 0 Å². The number of ether oxygens (including phenoxy) is 1. The van der Waals surface area contributed by atoms with Gasteiger partial charge in [-0.1, -0.05) is 17.9 Å². The van der Waals surface area contributed by atoms with E-state index in [1.807, 2.05) is 0 Å². The van der Waals surface area contributed by atoms with E-state index < -0.39 is 23.4 Å². The lowest BCUT2D eigenvalue weighted by molar-refractivity contribution is -0.137. The molecule has 0 aromatic heterocycles. The summed E-state index contributed by atoms with van der Waals surface area (Å²) in [7, 11) is 0. The van der Waals surface area contributed by atoms with Crippen LogP contribution in [0.5, 0.6) is 0 Å². The number of hydrogen-bond acceptors (Lipinski definition) is 2. The number of carbonyl (C=O) groups excluding carboxylic acids is 1. The summed E-state index contributed by atoms with van der Waals surface area (Å²) in [5.74, 6) is 5.35. The number of amides is 1. The molecule has 0 fully saturated rings. The van der Waals surface area contributed by atoms with Gasteiger partial charge in [0.1, 0.15) is 5.60 Å². The van der Waals surface area contributed by atoms with Gasteiger partial charge in [-0.25, -0.2) is 4.79 Å². The maximum absolute atomic E-state index is 12.5. The first-order valence-corrected chi connectivity index (χ1v) is 6.71. The van der Waals surface area contributed by atoms with Crippen LogP contribution >= 0.6 is 0 Å². The molecule has 0 aliphatic heterocycles. The Labute approximate surface area is 127 Å². The van der Waals surface area contributed by atoms with Crippen LogP contribution in [0, 0.1) is 11.8 Å². The molecular weight excluding hydrogens is 295 g/mol. The van der Waals surface area contributed by atoms with Crippen LogP contribution in [0.25, 0.3) is 0 Å². The topological polar surface area (TPSA) is 38.3 Å². The molecule has 0 unspecified atom stereocenters. The highest BCUT2D eigenvalue weighted by molar-refractivity contribution is 5.67. The summed E-state index contributed by atoms with van der Waals surface area (Å²) >= 11 is 0. The lowest BCUT2D eigenvalue weighted by Crippen LogP contribution is -2.32. The van der Waals surface area contributed by atoms with Crippen molar-refractivity contribution in [2.75, 3.05) is 6.54 Å². The lowest BCUT2D eigenvalue weighted by Gasteiger charge is -2.19. The van der Waals surface area contributed by atoms with Crippen molar-refractivity contribution in [3.63, 3.8) is 0 Å². The number of benzene rings is 1. The Kier molecular flexibility index (Phi) is 5.86. The molecule has 0 atom stereocenters. The summed E-state index contributed by atoms with van der Waals surface area (Å²) in [5.41, 5.74) is -1.02. The number of nitrogens with one attached hydrogen (secondary N) is 1. The maximum Gasteiger partial charge on any atom is 0.416 e. The van der Waals surface area contributed by atoms with Crippen molar-refractivity contribution in [1.29, 1.82) is 0 Å². The van der Waals surface area contributed by atoms with Crippen LogP contribution in [0.4, 0.5) is 18.0 Å². The molecule has 1 aromatic rings. The van der Waals surface area contributed by atoms with E-state index in [0.717, 1.165) is 12.1 Å². The van der Waals surface area contributed by atoms with Crippen LogP contribution < -0.4 is 5.32 Å². The average molecular weight is 313 g/mol. The first-order chi connectivity index (χ1) is 10.1. The number of carbonyl (C=O) groups is 1. The van der Waals surface area contributed by atoms with Gasteiger partial charge in [0.05, 0.1) is 5.56 Å². The normalized spacial score (nSPS) is 11.4. The van der Waals surface area contributed by atoms with Crippen molar-refractivity contribution in [3.8, 4) is 11.8 Å². The fraction of sp³-hybridized carbons (Fsp3) is 0.438. The molecule has 1 rings (SSSR count). The Morgan fingerprint density at radius 1 is 1.27 bits per heavy atom. The van der Waals surface area contributed by atoms with Crippen molar-refractivity contribution in [1.82, 2.24) is 5.32 Å². The van der Waals surface area contributed by atoms with Crippen LogP contribution in [-0.4, -0.2) is 18.2 Å². The largest absolute Gasteiger partial charge is 0.444 e. The summed E-state index contributed by atoms with van der Waals surface area (Å²) in [6, 6.07) is 4.80. The molecule has 0 aliphatic carbocycles. The smallest absolute Gasteiger partial charge is 0.416 e. The predicted molar refractivity (Wildman–Crippen MR) is 77.2 cm³/mol. The summed E-state index contributed by atoms with van der Waals surface area (Å²) in [6.07, 6.45) is -4.61. The van der Waals surface area contributed by atoms with E-state index in [2.05, 4.69) is 17.2 Å². The average Bonchev–Trinajstić information content (AvgIpc) is 2.35. The second-order valence-electron chi connectivity index (χ2n) is 5.56. The third-order valence-corrected chi connectivity index (χ3v) is 2.34. The number of rotatable bonds is 2. The fourth-order valence-electron chi connectivity index (χ4n) is 1.48. The molecule has 120 valence electrons. The molecule has 0 saturated carbocycles. The predicted octanol–water partition coefficient (Wildman–Crippen LogP) is 3.97. The highest BCUT2D eigenvalue weighted by Gasteiger charge is 2.30. The van der Waals surface area contributed by atoms with Crippen LogP contribution in [0.3, 0.4) is 0 Å². The van der Waals surface area contributed by atoms with E-state index in [0.29, 0.717) is 6.42 Å². The zero-order valence-electron chi connectivity index (χ0n) is 12.7. The van der Waals surface area contributed by atoms with Gasteiger partial charge in [-0.3, -0.25) is 0 Å². The van der Waals surface area contributed by atoms with Gasteiger partial charge in [0, 0.05) is 18.5 Å². The van der Waals surface area contributed by atoms with Gasteiger partial charge < -0.3 is 10.1 Å². The zero-order chi connectivity index (χ0) is 16.8. The molecule has 0 heterocycles. The molecular formula is C16H18F3NO2. The van der Waals surface area contributed by atoms with Crippen molar-refractivity contribution < 1.29 is 22.7 Å². The lowest BCUT2D eigenvalue weighted by atomic mass is 10.1. The van der Waals surface area contributed by atoms with E-state index in [1.165, 1.54) is 12.1 Å². The molecule has 0 spiro atoms. The summed E-state index contributed by atoms with van der Waals surface area (Å²) in [4.78, 5) is 11.3. The monoisotopic (exact) mass is 313 g/mol. The first kappa shape index (κ1) is 17.9. The van der Waals surface area contributed by atoms with Gasteiger partial charge in [0.15, 0.2) is 0 Å². The molecule has 6 heteroatoms. The van der Waals surface area contributed by atoms with E-state index in [9.17, 15) is 18.0 Å². The summed E-state index contributed by atoms with van der Waals surface area (Å²) < 4.78 is 42.6. The molecule has 22 heavy (non-hydrogen) atoms. The third kappa shape index (κ3) is 7.02. The molecule has 1 aromatic carbocycles. The third-order valence-electron chi connectivity index (χ3n) is 2.34. The molecule has 0 radical (unpaired) electrons. The number of halogens is 3. The Morgan fingerprint density at radius 2 is 1.95 bits per heavy atom. The molecule has 1 amide bonds. The Balaban J connectivity index is 2.47. The molecule has 1 N–H and O–H groups in total. The van der Waals surface area contributed by atoms with Gasteiger partial charge in [0.25, 0.3) is 0 Å². The summed E-state index contributed by atoms with van der Waals surface area (Å²) in [5, 5.41) is 2.52.